The lowest BCUT2D eigenvalue weighted by Crippen LogP contribution is -2.44. The maximum Gasteiger partial charge on any atom is 0.236 e. The van der Waals surface area contributed by atoms with Crippen LogP contribution in [0.3, 0.4) is 0 Å². The van der Waals surface area contributed by atoms with Crippen LogP contribution in [-0.2, 0) is 9.53 Å². The Labute approximate surface area is 117 Å². The molecular formula is C13H27ClN2O2. The molecule has 1 fully saturated rings. The maximum absolute atomic E-state index is 11.6. The second kappa shape index (κ2) is 9.59. The topological polar surface area (TPSA) is 41.6 Å². The third kappa shape index (κ3) is 6.57. The molecule has 1 amide bonds. The number of ether oxygens (including phenoxy) is 1. The first-order valence-electron chi connectivity index (χ1n) is 6.67. The summed E-state index contributed by atoms with van der Waals surface area (Å²) in [4.78, 5) is 13.6. The van der Waals surface area contributed by atoms with E-state index in [-0.39, 0.29) is 18.3 Å². The highest BCUT2D eigenvalue weighted by Gasteiger charge is 2.22. The van der Waals surface area contributed by atoms with E-state index in [2.05, 4.69) is 19.2 Å². The summed E-state index contributed by atoms with van der Waals surface area (Å²) in [5, 5.41) is 2.90. The average molecular weight is 279 g/mol. The van der Waals surface area contributed by atoms with Crippen molar-refractivity contribution in [2.75, 3.05) is 33.3 Å². The van der Waals surface area contributed by atoms with Crippen LogP contribution in [0.5, 0.6) is 0 Å². The number of nitrogens with one attached hydrogen (secondary N) is 1. The lowest BCUT2D eigenvalue weighted by Gasteiger charge is -2.32. The minimum Gasteiger partial charge on any atom is -0.378 e. The van der Waals surface area contributed by atoms with Crippen LogP contribution in [0.25, 0.3) is 0 Å². The van der Waals surface area contributed by atoms with Gasteiger partial charge in [-0.25, -0.2) is 0 Å². The van der Waals surface area contributed by atoms with Gasteiger partial charge in [-0.3, -0.25) is 4.79 Å². The summed E-state index contributed by atoms with van der Waals surface area (Å²) in [5.74, 6) is 0.903. The normalized spacial score (nSPS) is 16.8. The number of hydrogen-bond acceptors (Lipinski definition) is 3. The number of hydrogen-bond donors (Lipinski definition) is 1. The number of likely N-dealkylation sites (tertiary alicyclic amines) is 1. The third-order valence-electron chi connectivity index (χ3n) is 3.17. The van der Waals surface area contributed by atoms with Gasteiger partial charge < -0.3 is 15.0 Å². The molecule has 0 atom stereocenters. The molecule has 1 heterocycles. The first kappa shape index (κ1) is 17.7. The summed E-state index contributed by atoms with van der Waals surface area (Å²) < 4.78 is 5.83. The zero-order valence-corrected chi connectivity index (χ0v) is 12.6. The molecule has 108 valence electrons. The molecule has 4 nitrogen and oxygen atoms in total. The van der Waals surface area contributed by atoms with Crippen molar-refractivity contribution in [3.63, 3.8) is 0 Å². The van der Waals surface area contributed by atoms with Gasteiger partial charge in [0.05, 0.1) is 12.6 Å². The number of piperidine rings is 1. The number of amides is 1. The Morgan fingerprint density at radius 2 is 2.00 bits per heavy atom. The van der Waals surface area contributed by atoms with E-state index < -0.39 is 0 Å². The Bertz CT molecular complexity index is 229. The molecular weight excluding hydrogens is 252 g/mol. The maximum atomic E-state index is 11.6. The van der Waals surface area contributed by atoms with Crippen molar-refractivity contribution < 1.29 is 9.53 Å². The average Bonchev–Trinajstić information content (AvgIpc) is 2.30. The molecule has 0 bridgehead atoms. The van der Waals surface area contributed by atoms with E-state index >= 15 is 0 Å². The predicted molar refractivity (Wildman–Crippen MR) is 76.2 cm³/mol. The number of carbonyl (C=O) groups excluding carboxylic acids is 1. The summed E-state index contributed by atoms with van der Waals surface area (Å²) in [6.45, 7) is 7.40. The molecule has 5 heteroatoms. The third-order valence-corrected chi connectivity index (χ3v) is 3.17. The highest BCUT2D eigenvalue weighted by molar-refractivity contribution is 5.85. The van der Waals surface area contributed by atoms with Gasteiger partial charge in [0.15, 0.2) is 0 Å². The van der Waals surface area contributed by atoms with Gasteiger partial charge >= 0.3 is 0 Å². The highest BCUT2D eigenvalue weighted by atomic mass is 35.5. The monoisotopic (exact) mass is 278 g/mol. The van der Waals surface area contributed by atoms with E-state index in [1.54, 1.807) is 7.05 Å². The molecule has 1 saturated heterocycles. The fourth-order valence-electron chi connectivity index (χ4n) is 2.01. The van der Waals surface area contributed by atoms with E-state index in [1.165, 1.54) is 0 Å². The fourth-order valence-corrected chi connectivity index (χ4v) is 2.01. The summed E-state index contributed by atoms with van der Waals surface area (Å²) in [6, 6.07) is 0. The lowest BCUT2D eigenvalue weighted by molar-refractivity contribution is -0.132. The van der Waals surface area contributed by atoms with Crippen LogP contribution >= 0.6 is 12.4 Å². The number of carbonyl (C=O) groups is 1. The molecule has 1 N–H and O–H groups in total. The van der Waals surface area contributed by atoms with Crippen LogP contribution < -0.4 is 5.32 Å². The van der Waals surface area contributed by atoms with Crippen molar-refractivity contribution in [2.24, 2.45) is 5.92 Å². The Hall–Kier alpha value is -0.320. The summed E-state index contributed by atoms with van der Waals surface area (Å²) in [6.07, 6.45) is 3.44. The quantitative estimate of drug-likeness (QED) is 0.804. The van der Waals surface area contributed by atoms with Crippen LogP contribution in [0.2, 0.25) is 0 Å². The molecule has 0 aliphatic carbocycles. The molecule has 0 aromatic heterocycles. The van der Waals surface area contributed by atoms with Crippen molar-refractivity contribution in [1.29, 1.82) is 0 Å². The second-order valence-corrected chi connectivity index (χ2v) is 5.16. The molecule has 0 aromatic rings. The lowest BCUT2D eigenvalue weighted by atomic mass is 10.1. The molecule has 1 aliphatic heterocycles. The number of nitrogens with zero attached hydrogens (tertiary/aromatic N) is 1. The van der Waals surface area contributed by atoms with Crippen molar-refractivity contribution in [1.82, 2.24) is 10.2 Å². The van der Waals surface area contributed by atoms with Crippen LogP contribution in [0.1, 0.15) is 33.1 Å². The van der Waals surface area contributed by atoms with Crippen LogP contribution in [-0.4, -0.2) is 50.2 Å². The van der Waals surface area contributed by atoms with Crippen LogP contribution in [0.15, 0.2) is 0 Å². The number of likely N-dealkylation sites (N-methyl/N-ethyl adjacent to an activating group) is 1. The van der Waals surface area contributed by atoms with E-state index in [0.717, 1.165) is 39.0 Å². The van der Waals surface area contributed by atoms with Gasteiger partial charge in [0.2, 0.25) is 5.91 Å². The van der Waals surface area contributed by atoms with E-state index in [4.69, 9.17) is 4.74 Å². The minimum absolute atomic E-state index is 0. The Balaban J connectivity index is 0.00000289. The Morgan fingerprint density at radius 1 is 1.39 bits per heavy atom. The highest BCUT2D eigenvalue weighted by Crippen LogP contribution is 2.14. The Morgan fingerprint density at radius 3 is 2.50 bits per heavy atom. The summed E-state index contributed by atoms with van der Waals surface area (Å²) in [5.41, 5.74) is 0. The van der Waals surface area contributed by atoms with Crippen molar-refractivity contribution in [3.05, 3.63) is 0 Å². The van der Waals surface area contributed by atoms with Gasteiger partial charge in [-0.05, 0) is 32.2 Å². The zero-order chi connectivity index (χ0) is 12.7. The summed E-state index contributed by atoms with van der Waals surface area (Å²) >= 11 is 0. The van der Waals surface area contributed by atoms with Gasteiger partial charge in [0.25, 0.3) is 0 Å². The smallest absolute Gasteiger partial charge is 0.236 e. The molecule has 1 aliphatic rings. The number of halogens is 1. The standard InChI is InChI=1S/C13H26N2O2.ClH/c1-11(2)6-9-17-12-4-7-15(8-5-12)13(16)10-14-3;/h11-12,14H,4-10H2,1-3H3;1H. The largest absolute Gasteiger partial charge is 0.378 e. The van der Waals surface area contributed by atoms with Gasteiger partial charge in [0, 0.05) is 19.7 Å². The van der Waals surface area contributed by atoms with Crippen molar-refractivity contribution >= 4 is 18.3 Å². The van der Waals surface area contributed by atoms with Crippen LogP contribution in [0.4, 0.5) is 0 Å². The van der Waals surface area contributed by atoms with Gasteiger partial charge in [0.1, 0.15) is 0 Å². The van der Waals surface area contributed by atoms with E-state index in [0.29, 0.717) is 18.6 Å². The summed E-state index contributed by atoms with van der Waals surface area (Å²) in [7, 11) is 1.81. The van der Waals surface area contributed by atoms with Crippen molar-refractivity contribution in [3.8, 4) is 0 Å². The Kier molecular flexibility index (Phi) is 9.42. The molecule has 0 spiro atoms. The fraction of sp³-hybridized carbons (Fsp3) is 0.923. The molecule has 0 saturated carbocycles. The first-order chi connectivity index (χ1) is 8.13. The SMILES string of the molecule is CNCC(=O)N1CCC(OCCC(C)C)CC1.Cl. The molecule has 18 heavy (non-hydrogen) atoms. The van der Waals surface area contributed by atoms with E-state index in [1.807, 2.05) is 4.90 Å². The zero-order valence-electron chi connectivity index (χ0n) is 11.8. The number of rotatable bonds is 6. The first-order valence-corrected chi connectivity index (χ1v) is 6.67. The van der Waals surface area contributed by atoms with Crippen LogP contribution in [0, 0.1) is 5.92 Å². The van der Waals surface area contributed by atoms with Gasteiger partial charge in [-0.2, -0.15) is 0 Å². The molecule has 1 rings (SSSR count). The van der Waals surface area contributed by atoms with Gasteiger partial charge in [-0.15, -0.1) is 12.4 Å². The second-order valence-electron chi connectivity index (χ2n) is 5.16. The van der Waals surface area contributed by atoms with Crippen molar-refractivity contribution in [2.45, 2.75) is 39.2 Å². The minimum atomic E-state index is 0. The van der Waals surface area contributed by atoms with E-state index in [9.17, 15) is 4.79 Å². The molecule has 0 radical (unpaired) electrons. The predicted octanol–water partition coefficient (Wildman–Crippen LogP) is 1.68. The molecule has 0 aromatic carbocycles. The van der Waals surface area contributed by atoms with Gasteiger partial charge in [-0.1, -0.05) is 13.8 Å². The molecule has 0 unspecified atom stereocenters.